The topological polar surface area (TPSA) is 46.2 Å². The van der Waals surface area contributed by atoms with Gasteiger partial charge in [0, 0.05) is 0 Å². The highest BCUT2D eigenvalue weighted by atomic mass is 16.3. The molecule has 0 heterocycles. The zero-order valence-electron chi connectivity index (χ0n) is 8.59. The Morgan fingerprint density at radius 3 is 2.64 bits per heavy atom. The van der Waals surface area contributed by atoms with Crippen molar-refractivity contribution in [2.45, 2.75) is 31.6 Å². The van der Waals surface area contributed by atoms with Crippen molar-refractivity contribution in [1.29, 1.82) is 0 Å². The van der Waals surface area contributed by atoms with Crippen LogP contribution in [0.15, 0.2) is 18.2 Å². The van der Waals surface area contributed by atoms with Crippen LogP contribution in [0.5, 0.6) is 5.75 Å². The Morgan fingerprint density at radius 1 is 1.43 bits per heavy atom. The van der Waals surface area contributed by atoms with Crippen molar-refractivity contribution in [3.63, 3.8) is 0 Å². The Balaban J connectivity index is 2.28. The van der Waals surface area contributed by atoms with Gasteiger partial charge < -0.3 is 10.8 Å². The second-order valence-corrected chi connectivity index (χ2v) is 4.32. The van der Waals surface area contributed by atoms with Gasteiger partial charge in [0.15, 0.2) is 0 Å². The standard InChI is InChI=1S/C12H17NO/c1-9-2-3-10(8-11(9)14)12(4-5-12)6-7-13/h2-3,8,14H,4-7,13H2,1H3. The third kappa shape index (κ3) is 1.50. The molecule has 14 heavy (non-hydrogen) atoms. The molecule has 0 spiro atoms. The fourth-order valence-electron chi connectivity index (χ4n) is 2.05. The predicted molar refractivity (Wildman–Crippen MR) is 57.4 cm³/mol. The minimum atomic E-state index is 0.292. The van der Waals surface area contributed by atoms with Gasteiger partial charge in [-0.2, -0.15) is 0 Å². The number of aryl methyl sites for hydroxylation is 1. The minimum Gasteiger partial charge on any atom is -0.508 e. The Bertz CT molecular complexity index is 342. The number of aromatic hydroxyl groups is 1. The van der Waals surface area contributed by atoms with Gasteiger partial charge in [-0.25, -0.2) is 0 Å². The first-order valence-corrected chi connectivity index (χ1v) is 5.18. The molecular formula is C12H17NO. The average molecular weight is 191 g/mol. The van der Waals surface area contributed by atoms with Gasteiger partial charge in [-0.1, -0.05) is 12.1 Å². The van der Waals surface area contributed by atoms with Gasteiger partial charge in [-0.15, -0.1) is 0 Å². The molecule has 0 atom stereocenters. The molecule has 1 aromatic carbocycles. The smallest absolute Gasteiger partial charge is 0.118 e. The third-order valence-electron chi connectivity index (χ3n) is 3.30. The largest absolute Gasteiger partial charge is 0.508 e. The van der Waals surface area contributed by atoms with Crippen LogP contribution < -0.4 is 5.73 Å². The lowest BCUT2D eigenvalue weighted by Gasteiger charge is -2.15. The van der Waals surface area contributed by atoms with Gasteiger partial charge in [0.25, 0.3) is 0 Å². The molecule has 2 nitrogen and oxygen atoms in total. The fourth-order valence-corrected chi connectivity index (χ4v) is 2.05. The second kappa shape index (κ2) is 3.28. The summed E-state index contributed by atoms with van der Waals surface area (Å²) in [6.45, 7) is 2.65. The number of phenolic OH excluding ortho intramolecular Hbond substituents is 1. The molecule has 1 aliphatic rings. The van der Waals surface area contributed by atoms with Gasteiger partial charge in [-0.05, 0) is 55.3 Å². The number of phenols is 1. The highest BCUT2D eigenvalue weighted by Gasteiger charge is 2.43. The molecule has 1 aromatic rings. The van der Waals surface area contributed by atoms with E-state index in [1.807, 2.05) is 19.1 Å². The van der Waals surface area contributed by atoms with Crippen LogP contribution in [0.3, 0.4) is 0 Å². The quantitative estimate of drug-likeness (QED) is 0.768. The lowest BCUT2D eigenvalue weighted by molar-refractivity contribution is 0.468. The lowest BCUT2D eigenvalue weighted by atomic mass is 9.91. The zero-order chi connectivity index (χ0) is 10.2. The van der Waals surface area contributed by atoms with Gasteiger partial charge in [-0.3, -0.25) is 0 Å². The van der Waals surface area contributed by atoms with E-state index in [4.69, 9.17) is 5.73 Å². The number of nitrogens with two attached hydrogens (primary N) is 1. The van der Waals surface area contributed by atoms with Crippen molar-refractivity contribution >= 4 is 0 Å². The SMILES string of the molecule is Cc1ccc(C2(CCN)CC2)cc1O. The average Bonchev–Trinajstić information content (AvgIpc) is 2.91. The number of benzene rings is 1. The minimum absolute atomic E-state index is 0.292. The van der Waals surface area contributed by atoms with Crippen molar-refractivity contribution in [3.05, 3.63) is 29.3 Å². The molecule has 0 saturated heterocycles. The monoisotopic (exact) mass is 191 g/mol. The summed E-state index contributed by atoms with van der Waals surface area (Å²) < 4.78 is 0. The first-order valence-electron chi connectivity index (χ1n) is 5.18. The van der Waals surface area contributed by atoms with E-state index in [0.717, 1.165) is 18.5 Å². The van der Waals surface area contributed by atoms with E-state index in [-0.39, 0.29) is 0 Å². The summed E-state index contributed by atoms with van der Waals surface area (Å²) in [7, 11) is 0. The molecule has 0 radical (unpaired) electrons. The third-order valence-corrected chi connectivity index (χ3v) is 3.30. The van der Waals surface area contributed by atoms with E-state index in [1.165, 1.54) is 18.4 Å². The Labute approximate surface area is 84.7 Å². The molecule has 0 aliphatic heterocycles. The first-order chi connectivity index (χ1) is 6.68. The van der Waals surface area contributed by atoms with Crippen LogP contribution >= 0.6 is 0 Å². The fraction of sp³-hybridized carbons (Fsp3) is 0.500. The van der Waals surface area contributed by atoms with Gasteiger partial charge in [0.05, 0.1) is 0 Å². The van der Waals surface area contributed by atoms with Crippen LogP contribution in [-0.2, 0) is 5.41 Å². The Kier molecular flexibility index (Phi) is 2.23. The molecule has 1 aliphatic carbocycles. The van der Waals surface area contributed by atoms with E-state index >= 15 is 0 Å². The molecule has 1 saturated carbocycles. The summed E-state index contributed by atoms with van der Waals surface area (Å²) in [6.07, 6.45) is 3.47. The summed E-state index contributed by atoms with van der Waals surface area (Å²) in [4.78, 5) is 0. The highest BCUT2D eigenvalue weighted by molar-refractivity contribution is 5.41. The van der Waals surface area contributed by atoms with Gasteiger partial charge >= 0.3 is 0 Å². The van der Waals surface area contributed by atoms with Crippen molar-refractivity contribution in [1.82, 2.24) is 0 Å². The van der Waals surface area contributed by atoms with E-state index in [0.29, 0.717) is 11.2 Å². The van der Waals surface area contributed by atoms with Crippen LogP contribution in [0, 0.1) is 6.92 Å². The maximum atomic E-state index is 9.63. The summed E-state index contributed by atoms with van der Waals surface area (Å²) >= 11 is 0. The van der Waals surface area contributed by atoms with Crippen LogP contribution in [0.25, 0.3) is 0 Å². The number of hydrogen-bond acceptors (Lipinski definition) is 2. The van der Waals surface area contributed by atoms with Crippen molar-refractivity contribution in [3.8, 4) is 5.75 Å². The second-order valence-electron chi connectivity index (χ2n) is 4.32. The molecule has 76 valence electrons. The van der Waals surface area contributed by atoms with Crippen molar-refractivity contribution in [2.75, 3.05) is 6.54 Å². The molecule has 0 unspecified atom stereocenters. The van der Waals surface area contributed by atoms with E-state index in [9.17, 15) is 5.11 Å². The normalized spacial score (nSPS) is 18.1. The molecule has 2 rings (SSSR count). The lowest BCUT2D eigenvalue weighted by Crippen LogP contribution is -2.13. The van der Waals surface area contributed by atoms with Crippen molar-refractivity contribution < 1.29 is 5.11 Å². The molecule has 3 N–H and O–H groups in total. The molecule has 1 fully saturated rings. The number of rotatable bonds is 3. The highest BCUT2D eigenvalue weighted by Crippen LogP contribution is 2.51. The molecule has 0 aromatic heterocycles. The van der Waals surface area contributed by atoms with Crippen LogP contribution in [0.1, 0.15) is 30.4 Å². The summed E-state index contributed by atoms with van der Waals surface area (Å²) in [5.74, 6) is 0.408. The predicted octanol–water partition coefficient (Wildman–Crippen LogP) is 2.08. The van der Waals surface area contributed by atoms with E-state index < -0.39 is 0 Å². The Hall–Kier alpha value is -1.02. The van der Waals surface area contributed by atoms with E-state index in [2.05, 4.69) is 6.07 Å². The first kappa shape index (κ1) is 9.53. The molecule has 0 bridgehead atoms. The van der Waals surface area contributed by atoms with Gasteiger partial charge in [0.2, 0.25) is 0 Å². The Morgan fingerprint density at radius 2 is 2.14 bits per heavy atom. The van der Waals surface area contributed by atoms with Crippen LogP contribution in [0.2, 0.25) is 0 Å². The maximum absolute atomic E-state index is 9.63. The van der Waals surface area contributed by atoms with Crippen LogP contribution in [0.4, 0.5) is 0 Å². The zero-order valence-corrected chi connectivity index (χ0v) is 8.59. The molecular weight excluding hydrogens is 174 g/mol. The number of hydrogen-bond donors (Lipinski definition) is 2. The van der Waals surface area contributed by atoms with Crippen LogP contribution in [-0.4, -0.2) is 11.7 Å². The van der Waals surface area contributed by atoms with Crippen molar-refractivity contribution in [2.24, 2.45) is 5.73 Å². The summed E-state index contributed by atoms with van der Waals surface area (Å²) in [6, 6.07) is 6.01. The summed E-state index contributed by atoms with van der Waals surface area (Å²) in [5, 5.41) is 9.63. The maximum Gasteiger partial charge on any atom is 0.118 e. The van der Waals surface area contributed by atoms with Gasteiger partial charge in [0.1, 0.15) is 5.75 Å². The molecule has 0 amide bonds. The molecule has 2 heteroatoms. The van der Waals surface area contributed by atoms with E-state index in [1.54, 1.807) is 0 Å². The summed E-state index contributed by atoms with van der Waals surface area (Å²) in [5.41, 5.74) is 8.09.